The Morgan fingerprint density at radius 3 is 2.59 bits per heavy atom. The number of esters is 1. The van der Waals surface area contributed by atoms with Crippen molar-refractivity contribution >= 4 is 23.2 Å². The van der Waals surface area contributed by atoms with Gasteiger partial charge in [-0.15, -0.1) is 11.3 Å². The van der Waals surface area contributed by atoms with Gasteiger partial charge in [0.1, 0.15) is 4.88 Å². The van der Waals surface area contributed by atoms with Gasteiger partial charge < -0.3 is 10.5 Å². The number of nitrogens with two attached hydrogens (primary N) is 1. The van der Waals surface area contributed by atoms with Crippen LogP contribution in [0, 0.1) is 0 Å². The van der Waals surface area contributed by atoms with Crippen LogP contribution in [0.4, 0.5) is 13.2 Å². The third-order valence-electron chi connectivity index (χ3n) is 2.59. The fourth-order valence-corrected chi connectivity index (χ4v) is 2.37. The summed E-state index contributed by atoms with van der Waals surface area (Å²) >= 11 is 0.775. The number of thiophene rings is 1. The number of hydrogen-bond donors (Lipinski definition) is 1. The van der Waals surface area contributed by atoms with E-state index in [0.717, 1.165) is 29.7 Å². The summed E-state index contributed by atoms with van der Waals surface area (Å²) in [6.45, 7) is 0. The van der Waals surface area contributed by atoms with E-state index in [1.54, 1.807) is 0 Å². The Hall–Kier alpha value is -2.42. The third kappa shape index (κ3) is 3.61. The zero-order valence-corrected chi connectivity index (χ0v) is 11.6. The number of ether oxygens (including phenoxy) is 1. The molecule has 0 radical (unpaired) electrons. The molecule has 1 atom stereocenters. The molecule has 2 rings (SSSR count). The van der Waals surface area contributed by atoms with Gasteiger partial charge in [0, 0.05) is 23.3 Å². The highest BCUT2D eigenvalue weighted by atomic mass is 32.1. The summed E-state index contributed by atoms with van der Waals surface area (Å²) in [5.74, 6) is -1.97. The van der Waals surface area contributed by atoms with Crippen LogP contribution < -0.4 is 5.73 Å². The van der Waals surface area contributed by atoms with Crippen LogP contribution in [0.15, 0.2) is 36.0 Å². The molecule has 5 nitrogen and oxygen atoms in total. The van der Waals surface area contributed by atoms with Crippen molar-refractivity contribution in [3.05, 3.63) is 52.0 Å². The third-order valence-corrected chi connectivity index (χ3v) is 3.50. The number of amides is 1. The summed E-state index contributed by atoms with van der Waals surface area (Å²) in [6, 6.07) is 3.55. The molecular weight excluding hydrogens is 321 g/mol. The number of halogens is 3. The molecule has 2 heterocycles. The van der Waals surface area contributed by atoms with Crippen molar-refractivity contribution < 1.29 is 27.5 Å². The van der Waals surface area contributed by atoms with E-state index in [1.165, 1.54) is 17.6 Å². The first-order valence-corrected chi connectivity index (χ1v) is 6.73. The van der Waals surface area contributed by atoms with Crippen molar-refractivity contribution in [1.29, 1.82) is 0 Å². The number of carbonyl (C=O) groups excluding carboxylic acids is 2. The Morgan fingerprint density at radius 2 is 2.09 bits per heavy atom. The van der Waals surface area contributed by atoms with E-state index < -0.39 is 24.2 Å². The molecule has 0 spiro atoms. The molecule has 9 heteroatoms. The largest absolute Gasteiger partial charge is 0.443 e. The van der Waals surface area contributed by atoms with Gasteiger partial charge in [-0.25, -0.2) is 4.79 Å². The number of alkyl halides is 3. The fraction of sp³-hybridized carbons (Fsp3) is 0.154. The van der Waals surface area contributed by atoms with Crippen LogP contribution in [-0.2, 0) is 4.74 Å². The Bertz CT molecular complexity index is 685. The molecule has 0 aromatic carbocycles. The summed E-state index contributed by atoms with van der Waals surface area (Å²) < 4.78 is 43.7. The first kappa shape index (κ1) is 16.0. The number of aromatic nitrogens is 1. The first-order valence-electron chi connectivity index (χ1n) is 5.85. The Balaban J connectivity index is 2.23. The van der Waals surface area contributed by atoms with E-state index in [0.29, 0.717) is 0 Å². The van der Waals surface area contributed by atoms with Crippen LogP contribution in [0.3, 0.4) is 0 Å². The smallest absolute Gasteiger partial charge is 0.429 e. The number of carbonyl (C=O) groups is 2. The zero-order chi connectivity index (χ0) is 16.3. The zero-order valence-electron chi connectivity index (χ0n) is 10.8. The van der Waals surface area contributed by atoms with E-state index in [1.807, 2.05) is 0 Å². The van der Waals surface area contributed by atoms with E-state index in [9.17, 15) is 22.8 Å². The van der Waals surface area contributed by atoms with Gasteiger partial charge in [-0.2, -0.15) is 13.2 Å². The molecule has 2 aromatic rings. The van der Waals surface area contributed by atoms with Gasteiger partial charge in [0.15, 0.2) is 0 Å². The minimum absolute atomic E-state index is 0.0295. The topological polar surface area (TPSA) is 82.3 Å². The summed E-state index contributed by atoms with van der Waals surface area (Å²) in [4.78, 5) is 26.2. The quantitative estimate of drug-likeness (QED) is 0.874. The molecule has 0 saturated carbocycles. The van der Waals surface area contributed by atoms with E-state index in [-0.39, 0.29) is 16.0 Å². The Morgan fingerprint density at radius 1 is 1.36 bits per heavy atom. The maximum atomic E-state index is 13.0. The highest BCUT2D eigenvalue weighted by molar-refractivity contribution is 7.12. The molecule has 0 aliphatic carbocycles. The second kappa shape index (κ2) is 6.14. The Kier molecular flexibility index (Phi) is 4.45. The normalized spacial score (nSPS) is 12.7. The predicted molar refractivity (Wildman–Crippen MR) is 71.3 cm³/mol. The van der Waals surface area contributed by atoms with Gasteiger partial charge in [-0.1, -0.05) is 6.07 Å². The van der Waals surface area contributed by atoms with Crippen LogP contribution in [0.1, 0.15) is 31.7 Å². The lowest BCUT2D eigenvalue weighted by Gasteiger charge is -2.20. The number of nitrogens with zero attached hydrogens (tertiary/aromatic N) is 1. The van der Waals surface area contributed by atoms with E-state index >= 15 is 0 Å². The molecule has 1 amide bonds. The predicted octanol–water partition coefficient (Wildman–Crippen LogP) is 2.70. The van der Waals surface area contributed by atoms with Gasteiger partial charge >= 0.3 is 12.1 Å². The monoisotopic (exact) mass is 330 g/mol. The van der Waals surface area contributed by atoms with Crippen molar-refractivity contribution in [1.82, 2.24) is 4.98 Å². The van der Waals surface area contributed by atoms with Crippen LogP contribution in [0.5, 0.6) is 0 Å². The molecule has 2 aromatic heterocycles. The summed E-state index contributed by atoms with van der Waals surface area (Å²) in [7, 11) is 0. The summed E-state index contributed by atoms with van der Waals surface area (Å²) in [6.07, 6.45) is -4.96. The SMILES string of the molecule is NC(=O)c1csc(C(=O)OC(c2cccnc2)C(F)(F)F)c1. The fourth-order valence-electron chi connectivity index (χ4n) is 1.59. The number of hydrogen-bond acceptors (Lipinski definition) is 5. The van der Waals surface area contributed by atoms with Gasteiger partial charge in [0.2, 0.25) is 12.0 Å². The minimum atomic E-state index is -4.79. The molecule has 0 aliphatic rings. The van der Waals surface area contributed by atoms with E-state index in [4.69, 9.17) is 5.73 Å². The molecule has 2 N–H and O–H groups in total. The molecule has 1 unspecified atom stereocenters. The number of rotatable bonds is 4. The van der Waals surface area contributed by atoms with Crippen LogP contribution >= 0.6 is 11.3 Å². The summed E-state index contributed by atoms with van der Waals surface area (Å²) in [5.41, 5.74) is 4.75. The van der Waals surface area contributed by atoms with Gasteiger partial charge in [0.25, 0.3) is 0 Å². The molecule has 116 valence electrons. The second-order valence-corrected chi connectivity index (χ2v) is 5.09. The molecule has 0 bridgehead atoms. The number of primary amides is 1. The minimum Gasteiger partial charge on any atom is -0.443 e. The van der Waals surface area contributed by atoms with Gasteiger partial charge in [0.05, 0.1) is 5.56 Å². The van der Waals surface area contributed by atoms with Crippen LogP contribution in [0.25, 0.3) is 0 Å². The van der Waals surface area contributed by atoms with Gasteiger partial charge in [-0.05, 0) is 12.1 Å². The van der Waals surface area contributed by atoms with E-state index in [2.05, 4.69) is 9.72 Å². The number of pyridine rings is 1. The maximum Gasteiger partial charge on any atom is 0.429 e. The van der Waals surface area contributed by atoms with Crippen molar-refractivity contribution in [2.45, 2.75) is 12.3 Å². The molecule has 0 aliphatic heterocycles. The lowest BCUT2D eigenvalue weighted by Crippen LogP contribution is -2.26. The summed E-state index contributed by atoms with van der Waals surface area (Å²) in [5, 5.41) is 1.27. The van der Waals surface area contributed by atoms with Gasteiger partial charge in [-0.3, -0.25) is 9.78 Å². The molecule has 22 heavy (non-hydrogen) atoms. The first-order chi connectivity index (χ1) is 10.3. The average Bonchev–Trinajstić information content (AvgIpc) is 2.94. The van der Waals surface area contributed by atoms with Crippen molar-refractivity contribution in [2.24, 2.45) is 5.73 Å². The highest BCUT2D eigenvalue weighted by Gasteiger charge is 2.44. The van der Waals surface area contributed by atoms with Crippen LogP contribution in [0.2, 0.25) is 0 Å². The molecular formula is C13H9F3N2O3S. The Labute approximate surface area is 126 Å². The molecule has 0 saturated heterocycles. The maximum absolute atomic E-state index is 13.0. The molecule has 0 fully saturated rings. The van der Waals surface area contributed by atoms with Crippen molar-refractivity contribution in [2.75, 3.05) is 0 Å². The van der Waals surface area contributed by atoms with Crippen LogP contribution in [-0.4, -0.2) is 23.0 Å². The van der Waals surface area contributed by atoms with Crippen molar-refractivity contribution in [3.8, 4) is 0 Å². The second-order valence-electron chi connectivity index (χ2n) is 4.18. The lowest BCUT2D eigenvalue weighted by molar-refractivity contribution is -0.207. The highest BCUT2D eigenvalue weighted by Crippen LogP contribution is 2.36. The van der Waals surface area contributed by atoms with Crippen molar-refractivity contribution in [3.63, 3.8) is 0 Å². The average molecular weight is 330 g/mol. The standard InChI is InChI=1S/C13H9F3N2O3S/c14-13(15,16)10(7-2-1-3-18-5-7)21-12(20)9-4-8(6-22-9)11(17)19/h1-6,10H,(H2,17,19). The lowest BCUT2D eigenvalue weighted by atomic mass is 10.1.